The van der Waals surface area contributed by atoms with Gasteiger partial charge in [0.05, 0.1) is 12.6 Å². The Kier molecular flexibility index (Phi) is 6.09. The lowest BCUT2D eigenvalue weighted by atomic mass is 9.87. The van der Waals surface area contributed by atoms with E-state index in [9.17, 15) is 14.4 Å². The van der Waals surface area contributed by atoms with Crippen LogP contribution in [0.2, 0.25) is 0 Å². The fourth-order valence-corrected chi connectivity index (χ4v) is 4.73. The molecule has 1 aromatic carbocycles. The molecule has 2 N–H and O–H groups in total. The lowest BCUT2D eigenvalue weighted by molar-refractivity contribution is -0.167. The molecule has 0 bridgehead atoms. The molecule has 0 spiro atoms. The molecule has 3 aliphatic rings. The smallest absolute Gasteiger partial charge is 0.250 e. The van der Waals surface area contributed by atoms with E-state index in [1.807, 2.05) is 26.0 Å². The number of carbonyl (C=O) groups is 3. The van der Waals surface area contributed by atoms with E-state index in [-0.39, 0.29) is 42.5 Å². The van der Waals surface area contributed by atoms with Crippen molar-refractivity contribution in [2.24, 2.45) is 5.92 Å². The van der Waals surface area contributed by atoms with Crippen molar-refractivity contribution in [1.29, 1.82) is 0 Å². The number of ether oxygens (including phenoxy) is 1. The highest BCUT2D eigenvalue weighted by Gasteiger charge is 2.47. The van der Waals surface area contributed by atoms with E-state index in [1.54, 1.807) is 4.90 Å². The molecule has 5 atom stereocenters. The third-order valence-electron chi connectivity index (χ3n) is 6.71. The highest BCUT2D eigenvalue weighted by atomic mass is 16.5. The van der Waals surface area contributed by atoms with Crippen molar-refractivity contribution in [2.75, 3.05) is 6.61 Å². The summed E-state index contributed by atoms with van der Waals surface area (Å²) in [5.74, 6) is -0.675. The van der Waals surface area contributed by atoms with Crippen LogP contribution in [0.5, 0.6) is 0 Å². The van der Waals surface area contributed by atoms with Crippen LogP contribution in [0.25, 0.3) is 0 Å². The van der Waals surface area contributed by atoms with Gasteiger partial charge in [-0.05, 0) is 49.7 Å². The number of aryl methyl sites for hydroxylation is 1. The van der Waals surface area contributed by atoms with Crippen LogP contribution in [0.15, 0.2) is 24.3 Å². The van der Waals surface area contributed by atoms with Gasteiger partial charge in [0.1, 0.15) is 18.3 Å². The first-order chi connectivity index (χ1) is 14.5. The zero-order chi connectivity index (χ0) is 21.3. The normalized spacial score (nSPS) is 29.0. The summed E-state index contributed by atoms with van der Waals surface area (Å²) in [6, 6.07) is 6.91. The maximum absolute atomic E-state index is 13.2. The highest BCUT2D eigenvalue weighted by molar-refractivity contribution is 5.93. The minimum Gasteiger partial charge on any atom is -0.356 e. The molecule has 7 nitrogen and oxygen atoms in total. The summed E-state index contributed by atoms with van der Waals surface area (Å²) in [6.07, 6.45) is 4.49. The van der Waals surface area contributed by atoms with E-state index >= 15 is 0 Å². The fraction of sp³-hybridized carbons (Fsp3) is 0.609. The summed E-state index contributed by atoms with van der Waals surface area (Å²) in [5, 5.41) is 5.98. The van der Waals surface area contributed by atoms with E-state index in [2.05, 4.69) is 22.8 Å². The van der Waals surface area contributed by atoms with Gasteiger partial charge in [-0.3, -0.25) is 14.4 Å². The summed E-state index contributed by atoms with van der Waals surface area (Å²) in [5.41, 5.74) is 2.45. The van der Waals surface area contributed by atoms with Crippen molar-refractivity contribution in [2.45, 2.75) is 76.7 Å². The van der Waals surface area contributed by atoms with Gasteiger partial charge < -0.3 is 20.3 Å². The van der Waals surface area contributed by atoms with Crippen LogP contribution in [0.4, 0.5) is 0 Å². The molecule has 4 rings (SSSR count). The van der Waals surface area contributed by atoms with Crippen molar-refractivity contribution in [1.82, 2.24) is 15.5 Å². The lowest BCUT2D eigenvalue weighted by Gasteiger charge is -2.38. The summed E-state index contributed by atoms with van der Waals surface area (Å²) in [7, 11) is 0. The van der Waals surface area contributed by atoms with Gasteiger partial charge in [-0.25, -0.2) is 0 Å². The van der Waals surface area contributed by atoms with E-state index < -0.39 is 12.1 Å². The molecular weight excluding hydrogens is 382 g/mol. The van der Waals surface area contributed by atoms with Crippen molar-refractivity contribution in [3.8, 4) is 0 Å². The largest absolute Gasteiger partial charge is 0.356 e. The number of benzene rings is 1. The van der Waals surface area contributed by atoms with Crippen molar-refractivity contribution in [3.63, 3.8) is 0 Å². The Morgan fingerprint density at radius 2 is 1.97 bits per heavy atom. The number of nitrogens with zero attached hydrogens (tertiary/aromatic N) is 1. The standard InChI is InChI=1S/C23H31N3O4/c1-3-14(2)21(27)25-18-13-30-20-12-11-19(26(20)23(18)29)22(28)24-17-10-6-8-15-7-4-5-9-16(15)17/h4-5,7,9,14,17-20H,3,6,8,10-13H2,1-2H3,(H,24,28)(H,25,27)/t14-,17-,18+,19?,20+/m1/s1. The van der Waals surface area contributed by atoms with Gasteiger partial charge in [0.25, 0.3) is 0 Å². The van der Waals surface area contributed by atoms with Gasteiger partial charge in [0, 0.05) is 5.92 Å². The number of rotatable bonds is 5. The Hall–Kier alpha value is -2.41. The molecule has 0 saturated carbocycles. The number of nitrogens with one attached hydrogen (secondary N) is 2. The van der Waals surface area contributed by atoms with Crippen molar-refractivity contribution < 1.29 is 19.1 Å². The Balaban J connectivity index is 1.44. The molecule has 0 radical (unpaired) electrons. The SMILES string of the molecule is CC[C@@H](C)C(=O)N[C@H]1CO[C@H]2CCC(C(=O)N[C@@H]3CCCc4ccccc43)N2C1=O. The third-order valence-corrected chi connectivity index (χ3v) is 6.71. The molecule has 2 fully saturated rings. The zero-order valence-electron chi connectivity index (χ0n) is 17.7. The first-order valence-corrected chi connectivity index (χ1v) is 11.1. The summed E-state index contributed by atoms with van der Waals surface area (Å²) >= 11 is 0. The van der Waals surface area contributed by atoms with Gasteiger partial charge >= 0.3 is 0 Å². The Bertz CT molecular complexity index is 826. The molecule has 30 heavy (non-hydrogen) atoms. The molecule has 7 heteroatoms. The first kappa shape index (κ1) is 20.8. The van der Waals surface area contributed by atoms with Gasteiger partial charge in [0.2, 0.25) is 17.7 Å². The molecule has 2 aliphatic heterocycles. The summed E-state index contributed by atoms with van der Waals surface area (Å²) in [6.45, 7) is 3.93. The first-order valence-electron chi connectivity index (χ1n) is 11.1. The molecule has 1 aromatic rings. The molecule has 1 aliphatic carbocycles. The second-order valence-electron chi connectivity index (χ2n) is 8.65. The number of fused-ring (bicyclic) bond motifs is 2. The van der Waals surface area contributed by atoms with Crippen LogP contribution in [0, 0.1) is 5.92 Å². The van der Waals surface area contributed by atoms with Gasteiger partial charge in [-0.2, -0.15) is 0 Å². The topological polar surface area (TPSA) is 87.7 Å². The van der Waals surface area contributed by atoms with E-state index in [0.717, 1.165) is 19.3 Å². The van der Waals surface area contributed by atoms with Gasteiger partial charge in [0.15, 0.2) is 0 Å². The Morgan fingerprint density at radius 1 is 1.17 bits per heavy atom. The third kappa shape index (κ3) is 3.95. The molecule has 0 aromatic heterocycles. The minimum atomic E-state index is -0.730. The zero-order valence-corrected chi connectivity index (χ0v) is 17.7. The van der Waals surface area contributed by atoms with E-state index in [1.165, 1.54) is 11.1 Å². The van der Waals surface area contributed by atoms with Gasteiger partial charge in [-0.1, -0.05) is 38.1 Å². The van der Waals surface area contributed by atoms with Crippen LogP contribution in [-0.2, 0) is 25.5 Å². The highest BCUT2D eigenvalue weighted by Crippen LogP contribution is 2.32. The molecular formula is C23H31N3O4. The van der Waals surface area contributed by atoms with Crippen LogP contribution >= 0.6 is 0 Å². The average molecular weight is 414 g/mol. The van der Waals surface area contributed by atoms with Crippen LogP contribution in [0.1, 0.15) is 63.1 Å². The lowest BCUT2D eigenvalue weighted by Crippen LogP contribution is -2.61. The maximum atomic E-state index is 13.2. The molecule has 2 saturated heterocycles. The predicted octanol–water partition coefficient (Wildman–Crippen LogP) is 2.06. The summed E-state index contributed by atoms with van der Waals surface area (Å²) < 4.78 is 5.84. The van der Waals surface area contributed by atoms with Crippen molar-refractivity contribution in [3.05, 3.63) is 35.4 Å². The number of hydrogen-bond donors (Lipinski definition) is 2. The minimum absolute atomic E-state index is 0.0248. The van der Waals surface area contributed by atoms with Crippen LogP contribution < -0.4 is 10.6 Å². The number of amides is 3. The van der Waals surface area contributed by atoms with Crippen molar-refractivity contribution >= 4 is 17.7 Å². The molecule has 3 amide bonds. The molecule has 1 unspecified atom stereocenters. The van der Waals surface area contributed by atoms with Crippen LogP contribution in [0.3, 0.4) is 0 Å². The molecule has 162 valence electrons. The summed E-state index contributed by atoms with van der Waals surface area (Å²) in [4.78, 5) is 40.1. The second kappa shape index (κ2) is 8.76. The number of hydrogen-bond acceptors (Lipinski definition) is 4. The monoisotopic (exact) mass is 413 g/mol. The number of carbonyl (C=O) groups excluding carboxylic acids is 3. The average Bonchev–Trinajstić information content (AvgIpc) is 3.20. The fourth-order valence-electron chi connectivity index (χ4n) is 4.73. The van der Waals surface area contributed by atoms with E-state index in [0.29, 0.717) is 19.3 Å². The molecule has 2 heterocycles. The maximum Gasteiger partial charge on any atom is 0.250 e. The predicted molar refractivity (Wildman–Crippen MR) is 111 cm³/mol. The second-order valence-corrected chi connectivity index (χ2v) is 8.65. The Labute approximate surface area is 177 Å². The van der Waals surface area contributed by atoms with Gasteiger partial charge in [-0.15, -0.1) is 0 Å². The Morgan fingerprint density at radius 3 is 2.77 bits per heavy atom. The van der Waals surface area contributed by atoms with Crippen LogP contribution in [-0.4, -0.2) is 47.5 Å². The quantitative estimate of drug-likeness (QED) is 0.774. The van der Waals surface area contributed by atoms with E-state index in [4.69, 9.17) is 4.74 Å².